The molecule has 92 valence electrons. The van der Waals surface area contributed by atoms with E-state index < -0.39 is 4.33 Å². The molecule has 17 heavy (non-hydrogen) atoms. The average molecular weight is 295 g/mol. The van der Waals surface area contributed by atoms with Gasteiger partial charge in [-0.1, -0.05) is 11.6 Å². The lowest BCUT2D eigenvalue weighted by molar-refractivity contribution is -0.117. The number of ether oxygens (including phenoxy) is 1. The van der Waals surface area contributed by atoms with Gasteiger partial charge in [-0.05, 0) is 24.6 Å². The van der Waals surface area contributed by atoms with Crippen molar-refractivity contribution in [1.82, 2.24) is 0 Å². The smallest absolute Gasteiger partial charge is 0.230 e. The molecule has 1 fully saturated rings. The van der Waals surface area contributed by atoms with Crippen molar-refractivity contribution in [3.05, 3.63) is 23.2 Å². The Morgan fingerprint density at radius 3 is 2.65 bits per heavy atom. The molecular weight excluding hydrogens is 284 g/mol. The summed E-state index contributed by atoms with van der Waals surface area (Å²) in [6, 6.07) is 5.00. The summed E-state index contributed by atoms with van der Waals surface area (Å²) in [5.41, 5.74) is 0.594. The molecule has 0 aromatic heterocycles. The van der Waals surface area contributed by atoms with E-state index in [-0.39, 0.29) is 11.8 Å². The molecule has 1 atom stereocenters. The summed E-state index contributed by atoms with van der Waals surface area (Å²) in [5, 5.41) is 3.14. The maximum absolute atomic E-state index is 11.7. The first-order valence-corrected chi connectivity index (χ1v) is 6.09. The van der Waals surface area contributed by atoms with E-state index in [1.807, 2.05) is 0 Å². The maximum Gasteiger partial charge on any atom is 0.230 e. The van der Waals surface area contributed by atoms with E-state index in [9.17, 15) is 4.79 Å². The minimum absolute atomic E-state index is 0.198. The molecule has 0 spiro atoms. The topological polar surface area (TPSA) is 38.3 Å². The number of hydrogen-bond donors (Lipinski definition) is 1. The van der Waals surface area contributed by atoms with Crippen LogP contribution in [0.3, 0.4) is 0 Å². The highest BCUT2D eigenvalue weighted by atomic mass is 35.5. The number of rotatable bonds is 3. The van der Waals surface area contributed by atoms with Crippen molar-refractivity contribution in [2.24, 2.45) is 5.92 Å². The third kappa shape index (κ3) is 2.79. The Bertz CT molecular complexity index is 462. The van der Waals surface area contributed by atoms with Gasteiger partial charge in [0.15, 0.2) is 0 Å². The molecule has 1 aliphatic rings. The van der Waals surface area contributed by atoms with E-state index in [2.05, 4.69) is 5.32 Å². The third-order valence-electron chi connectivity index (χ3n) is 2.56. The van der Waals surface area contributed by atoms with Gasteiger partial charge in [-0.2, -0.15) is 0 Å². The molecule has 1 N–H and O–H groups in total. The van der Waals surface area contributed by atoms with Gasteiger partial charge in [-0.3, -0.25) is 4.79 Å². The largest absolute Gasteiger partial charge is 0.495 e. The summed E-state index contributed by atoms with van der Waals surface area (Å²) < 4.78 is 4.09. The molecule has 1 amide bonds. The lowest BCUT2D eigenvalue weighted by Crippen LogP contribution is -2.16. The van der Waals surface area contributed by atoms with Crippen molar-refractivity contribution in [3.8, 4) is 5.75 Å². The van der Waals surface area contributed by atoms with E-state index in [0.717, 1.165) is 0 Å². The minimum atomic E-state index is -0.916. The molecule has 3 nitrogen and oxygen atoms in total. The van der Waals surface area contributed by atoms with Crippen LogP contribution in [0.2, 0.25) is 5.02 Å². The quantitative estimate of drug-likeness (QED) is 0.867. The summed E-state index contributed by atoms with van der Waals surface area (Å²) in [5.74, 6) is 0.00284. The Labute approximate surface area is 114 Å². The van der Waals surface area contributed by atoms with E-state index in [0.29, 0.717) is 22.9 Å². The van der Waals surface area contributed by atoms with Crippen molar-refractivity contribution in [1.29, 1.82) is 0 Å². The molecule has 1 saturated carbocycles. The number of benzene rings is 1. The first-order chi connectivity index (χ1) is 7.94. The molecule has 1 aromatic carbocycles. The standard InChI is InChI=1S/C11H10Cl3NO2/c1-17-9-3-2-6(4-8(9)12)15-10(16)7-5-11(7,13)14/h2-4,7H,5H2,1H3,(H,15,16)/t7-/m0/s1. The molecule has 0 radical (unpaired) electrons. The van der Waals surface area contributed by atoms with E-state index in [1.54, 1.807) is 18.2 Å². The van der Waals surface area contributed by atoms with E-state index in [1.165, 1.54) is 7.11 Å². The number of amides is 1. The van der Waals surface area contributed by atoms with Crippen LogP contribution in [-0.2, 0) is 4.79 Å². The SMILES string of the molecule is COc1ccc(NC(=O)[C@@H]2CC2(Cl)Cl)cc1Cl. The Kier molecular flexibility index (Phi) is 3.43. The molecule has 0 unspecified atom stereocenters. The van der Waals surface area contributed by atoms with Gasteiger partial charge in [0.1, 0.15) is 10.1 Å². The van der Waals surface area contributed by atoms with Gasteiger partial charge in [0.05, 0.1) is 18.1 Å². The van der Waals surface area contributed by atoms with Crippen LogP contribution in [0, 0.1) is 5.92 Å². The molecule has 0 aliphatic heterocycles. The number of nitrogens with one attached hydrogen (secondary N) is 1. The van der Waals surface area contributed by atoms with Crippen LogP contribution in [0.25, 0.3) is 0 Å². The van der Waals surface area contributed by atoms with Crippen molar-refractivity contribution in [2.45, 2.75) is 10.8 Å². The number of alkyl halides is 2. The first kappa shape index (κ1) is 12.8. The van der Waals surface area contributed by atoms with Crippen LogP contribution in [0.1, 0.15) is 6.42 Å². The van der Waals surface area contributed by atoms with Crippen LogP contribution in [-0.4, -0.2) is 17.4 Å². The predicted molar refractivity (Wildman–Crippen MR) is 69.2 cm³/mol. The van der Waals surface area contributed by atoms with Gasteiger partial charge >= 0.3 is 0 Å². The summed E-state index contributed by atoms with van der Waals surface area (Å²) in [4.78, 5) is 11.7. The summed E-state index contributed by atoms with van der Waals surface area (Å²) >= 11 is 17.5. The number of halogens is 3. The number of methoxy groups -OCH3 is 1. The third-order valence-corrected chi connectivity index (χ3v) is 3.69. The fraction of sp³-hybridized carbons (Fsp3) is 0.364. The van der Waals surface area contributed by atoms with Gasteiger partial charge in [-0.25, -0.2) is 0 Å². The Hall–Kier alpha value is -0.640. The molecule has 6 heteroatoms. The van der Waals surface area contributed by atoms with Crippen molar-refractivity contribution < 1.29 is 9.53 Å². The van der Waals surface area contributed by atoms with Crippen LogP contribution in [0.5, 0.6) is 5.75 Å². The monoisotopic (exact) mass is 293 g/mol. The molecule has 0 bridgehead atoms. The van der Waals surface area contributed by atoms with Crippen LogP contribution < -0.4 is 10.1 Å². The van der Waals surface area contributed by atoms with Crippen LogP contribution >= 0.6 is 34.8 Å². The first-order valence-electron chi connectivity index (χ1n) is 4.96. The Morgan fingerprint density at radius 1 is 1.53 bits per heavy atom. The van der Waals surface area contributed by atoms with Crippen LogP contribution in [0.4, 0.5) is 5.69 Å². The highest BCUT2D eigenvalue weighted by Crippen LogP contribution is 2.53. The van der Waals surface area contributed by atoms with Gasteiger partial charge in [0.25, 0.3) is 0 Å². The van der Waals surface area contributed by atoms with Crippen molar-refractivity contribution in [2.75, 3.05) is 12.4 Å². The normalized spacial score (nSPS) is 20.8. The second-order valence-corrected chi connectivity index (χ2v) is 5.81. The molecule has 1 aromatic rings. The average Bonchev–Trinajstić information content (AvgIpc) is 2.88. The lowest BCUT2D eigenvalue weighted by atomic mass is 10.3. The summed E-state index contributed by atoms with van der Waals surface area (Å²) in [6.07, 6.45) is 0.478. The van der Waals surface area contributed by atoms with Crippen molar-refractivity contribution >= 4 is 46.4 Å². The minimum Gasteiger partial charge on any atom is -0.495 e. The molecule has 1 aliphatic carbocycles. The zero-order chi connectivity index (χ0) is 12.6. The van der Waals surface area contributed by atoms with E-state index in [4.69, 9.17) is 39.5 Å². The fourth-order valence-corrected chi connectivity index (χ4v) is 2.24. The second-order valence-electron chi connectivity index (χ2n) is 3.86. The zero-order valence-corrected chi connectivity index (χ0v) is 11.2. The highest BCUT2D eigenvalue weighted by Gasteiger charge is 2.56. The molecule has 0 heterocycles. The van der Waals surface area contributed by atoms with Gasteiger partial charge in [0.2, 0.25) is 5.91 Å². The van der Waals surface area contributed by atoms with Crippen LogP contribution in [0.15, 0.2) is 18.2 Å². The summed E-state index contributed by atoms with van der Waals surface area (Å²) in [6.45, 7) is 0. The molecule has 0 saturated heterocycles. The summed E-state index contributed by atoms with van der Waals surface area (Å²) in [7, 11) is 1.53. The molecular formula is C11H10Cl3NO2. The number of carbonyl (C=O) groups excluding carboxylic acids is 1. The van der Waals surface area contributed by atoms with Gasteiger partial charge in [0, 0.05) is 5.69 Å². The number of anilines is 1. The van der Waals surface area contributed by atoms with E-state index >= 15 is 0 Å². The number of carbonyl (C=O) groups is 1. The van der Waals surface area contributed by atoms with Gasteiger partial charge < -0.3 is 10.1 Å². The Morgan fingerprint density at radius 2 is 2.18 bits per heavy atom. The maximum atomic E-state index is 11.7. The molecule has 2 rings (SSSR count). The number of hydrogen-bond acceptors (Lipinski definition) is 2. The zero-order valence-electron chi connectivity index (χ0n) is 8.97. The van der Waals surface area contributed by atoms with Gasteiger partial charge in [-0.15, -0.1) is 23.2 Å². The Balaban J connectivity index is 2.05. The predicted octanol–water partition coefficient (Wildman–Crippen LogP) is 3.48. The van der Waals surface area contributed by atoms with Crippen molar-refractivity contribution in [3.63, 3.8) is 0 Å². The fourth-order valence-electron chi connectivity index (χ4n) is 1.47. The second kappa shape index (κ2) is 4.56. The lowest BCUT2D eigenvalue weighted by Gasteiger charge is -2.08. The highest BCUT2D eigenvalue weighted by molar-refractivity contribution is 6.52.